The van der Waals surface area contributed by atoms with Gasteiger partial charge in [-0.1, -0.05) is 36.0 Å². The maximum Gasteiger partial charge on any atom is 0.242 e. The fraction of sp³-hybridized carbons (Fsp3) is 0.538. The third-order valence-electron chi connectivity index (χ3n) is 3.69. The number of halogens is 2. The van der Waals surface area contributed by atoms with Gasteiger partial charge in [-0.05, 0) is 31.9 Å². The van der Waals surface area contributed by atoms with Gasteiger partial charge in [0.15, 0.2) is 0 Å². The van der Waals surface area contributed by atoms with E-state index >= 15 is 0 Å². The number of rotatable bonds is 4. The monoisotopic (exact) mass is 337 g/mol. The molecule has 1 aliphatic rings. The first-order chi connectivity index (χ1) is 9.29. The lowest BCUT2D eigenvalue weighted by Crippen LogP contribution is -2.43. The zero-order valence-corrected chi connectivity index (χ0v) is 13.4. The highest BCUT2D eigenvalue weighted by Gasteiger charge is 2.34. The quantitative estimate of drug-likeness (QED) is 0.887. The summed E-state index contributed by atoms with van der Waals surface area (Å²) in [6, 6.07) is 2.80. The molecule has 2 N–H and O–H groups in total. The van der Waals surface area contributed by atoms with Gasteiger partial charge in [-0.15, -0.1) is 0 Å². The molecule has 0 aliphatic heterocycles. The van der Waals surface area contributed by atoms with E-state index in [1.165, 1.54) is 12.1 Å². The Balaban J connectivity index is 2.40. The first-order valence-corrected chi connectivity index (χ1v) is 8.65. The van der Waals surface area contributed by atoms with Gasteiger partial charge in [-0.2, -0.15) is 0 Å². The van der Waals surface area contributed by atoms with Crippen LogP contribution in [0.2, 0.25) is 10.0 Å². The Bertz CT molecular complexity index is 610. The molecule has 1 aromatic rings. The number of sulfonamides is 1. The molecule has 1 fully saturated rings. The van der Waals surface area contributed by atoms with Gasteiger partial charge < -0.3 is 5.11 Å². The predicted octanol–water partition coefficient (Wildman–Crippen LogP) is 3.10. The summed E-state index contributed by atoms with van der Waals surface area (Å²) >= 11 is 12.0. The van der Waals surface area contributed by atoms with Crippen LogP contribution < -0.4 is 4.72 Å². The molecule has 2 rings (SSSR count). The van der Waals surface area contributed by atoms with Crippen molar-refractivity contribution in [1.82, 2.24) is 4.72 Å². The van der Waals surface area contributed by atoms with Crippen molar-refractivity contribution < 1.29 is 13.5 Å². The van der Waals surface area contributed by atoms with E-state index in [9.17, 15) is 13.5 Å². The molecule has 7 heteroatoms. The summed E-state index contributed by atoms with van der Waals surface area (Å²) in [7, 11) is -3.73. The molecule has 0 atom stereocenters. The van der Waals surface area contributed by atoms with Crippen LogP contribution in [0.5, 0.6) is 0 Å². The lowest BCUT2D eigenvalue weighted by atomic mass is 10.0. The minimum Gasteiger partial charge on any atom is -0.392 e. The molecule has 0 heterocycles. The zero-order chi connectivity index (χ0) is 15.0. The van der Waals surface area contributed by atoms with Gasteiger partial charge in [0.2, 0.25) is 10.0 Å². The van der Waals surface area contributed by atoms with E-state index in [2.05, 4.69) is 4.72 Å². The van der Waals surface area contributed by atoms with Gasteiger partial charge in [0.25, 0.3) is 0 Å². The van der Waals surface area contributed by atoms with Crippen LogP contribution in [-0.4, -0.2) is 19.1 Å². The van der Waals surface area contributed by atoms with Crippen molar-refractivity contribution in [2.24, 2.45) is 0 Å². The van der Waals surface area contributed by atoms with E-state index in [-0.39, 0.29) is 20.5 Å². The summed E-state index contributed by atoms with van der Waals surface area (Å²) in [5.74, 6) is 0. The van der Waals surface area contributed by atoms with Crippen LogP contribution in [0, 0.1) is 0 Å². The molecule has 1 aromatic carbocycles. The van der Waals surface area contributed by atoms with Gasteiger partial charge in [0.1, 0.15) is 4.90 Å². The summed E-state index contributed by atoms with van der Waals surface area (Å²) in [4.78, 5) is -0.0410. The van der Waals surface area contributed by atoms with Crippen LogP contribution in [0.3, 0.4) is 0 Å². The third kappa shape index (κ3) is 3.12. The molecule has 4 nitrogen and oxygen atoms in total. The van der Waals surface area contributed by atoms with E-state index in [4.69, 9.17) is 23.2 Å². The maximum atomic E-state index is 12.5. The second-order valence-electron chi connectivity index (χ2n) is 5.37. The summed E-state index contributed by atoms with van der Waals surface area (Å²) in [5.41, 5.74) is -0.200. The molecule has 0 radical (unpaired) electrons. The summed E-state index contributed by atoms with van der Waals surface area (Å²) < 4.78 is 27.7. The number of aliphatic hydroxyl groups excluding tert-OH is 1. The van der Waals surface area contributed by atoms with Gasteiger partial charge in [0, 0.05) is 16.1 Å². The molecule has 20 heavy (non-hydrogen) atoms. The minimum absolute atomic E-state index is 0.0194. The molecule has 0 saturated heterocycles. The van der Waals surface area contributed by atoms with Gasteiger partial charge >= 0.3 is 0 Å². The Hall–Kier alpha value is -0.330. The van der Waals surface area contributed by atoms with Crippen LogP contribution in [0.4, 0.5) is 0 Å². The fourth-order valence-corrected chi connectivity index (χ4v) is 4.93. The molecule has 0 amide bonds. The SMILES string of the molecule is CC1(NS(=O)(=O)c2ccc(Cl)c(CO)c2Cl)CCCC1. The number of aliphatic hydroxyl groups is 1. The Kier molecular flexibility index (Phi) is 4.66. The van der Waals surface area contributed by atoms with Gasteiger partial charge in [-0.25, -0.2) is 13.1 Å². The maximum absolute atomic E-state index is 12.5. The van der Waals surface area contributed by atoms with Crippen molar-refractivity contribution in [3.63, 3.8) is 0 Å². The lowest BCUT2D eigenvalue weighted by Gasteiger charge is -2.25. The van der Waals surface area contributed by atoms with E-state index in [1.54, 1.807) is 0 Å². The number of benzene rings is 1. The zero-order valence-electron chi connectivity index (χ0n) is 11.1. The third-order valence-corrected chi connectivity index (χ3v) is 6.26. The van der Waals surface area contributed by atoms with Crippen LogP contribution in [0.1, 0.15) is 38.2 Å². The van der Waals surface area contributed by atoms with Gasteiger partial charge in [-0.3, -0.25) is 0 Å². The Morgan fingerprint density at radius 3 is 2.45 bits per heavy atom. The largest absolute Gasteiger partial charge is 0.392 e. The van der Waals surface area contributed by atoms with Crippen LogP contribution in [0.25, 0.3) is 0 Å². The highest BCUT2D eigenvalue weighted by Crippen LogP contribution is 2.34. The minimum atomic E-state index is -3.73. The average molecular weight is 338 g/mol. The smallest absolute Gasteiger partial charge is 0.242 e. The number of hydrogen-bond acceptors (Lipinski definition) is 3. The Labute approximate surface area is 129 Å². The van der Waals surface area contributed by atoms with Crippen LogP contribution in [-0.2, 0) is 16.6 Å². The standard InChI is InChI=1S/C13H17Cl2NO3S/c1-13(6-2-3-7-13)16-20(18,19)11-5-4-10(14)9(8-17)12(11)15/h4-5,16-17H,2-3,6-8H2,1H3. The van der Waals surface area contributed by atoms with Crippen molar-refractivity contribution >= 4 is 33.2 Å². The summed E-state index contributed by atoms with van der Waals surface area (Å²) in [6.45, 7) is 1.49. The Morgan fingerprint density at radius 2 is 1.90 bits per heavy atom. The van der Waals surface area contributed by atoms with Crippen molar-refractivity contribution in [3.05, 3.63) is 27.7 Å². The first kappa shape index (κ1) is 16.0. The van der Waals surface area contributed by atoms with E-state index in [0.717, 1.165) is 25.7 Å². The summed E-state index contributed by atoms with van der Waals surface area (Å²) in [6.07, 6.45) is 3.64. The second-order valence-corrected chi connectivity index (χ2v) is 7.81. The molecular formula is C13H17Cl2NO3S. The van der Waals surface area contributed by atoms with Crippen molar-refractivity contribution in [2.75, 3.05) is 0 Å². The molecule has 1 aliphatic carbocycles. The molecule has 0 spiro atoms. The molecule has 1 saturated carbocycles. The molecule has 0 unspecified atom stereocenters. The lowest BCUT2D eigenvalue weighted by molar-refractivity contribution is 0.281. The Morgan fingerprint density at radius 1 is 1.30 bits per heavy atom. The molecule has 0 bridgehead atoms. The molecular weight excluding hydrogens is 321 g/mol. The molecule has 0 aromatic heterocycles. The number of hydrogen-bond donors (Lipinski definition) is 2. The van der Waals surface area contributed by atoms with E-state index in [1.807, 2.05) is 6.92 Å². The highest BCUT2D eigenvalue weighted by atomic mass is 35.5. The van der Waals surface area contributed by atoms with Crippen LogP contribution >= 0.6 is 23.2 Å². The van der Waals surface area contributed by atoms with Gasteiger partial charge in [0.05, 0.1) is 11.6 Å². The molecule has 112 valence electrons. The summed E-state index contributed by atoms with van der Waals surface area (Å²) in [5, 5.41) is 9.47. The fourth-order valence-electron chi connectivity index (χ4n) is 2.57. The van der Waals surface area contributed by atoms with Crippen molar-refractivity contribution in [1.29, 1.82) is 0 Å². The first-order valence-electron chi connectivity index (χ1n) is 6.41. The predicted molar refractivity (Wildman–Crippen MR) is 79.6 cm³/mol. The second kappa shape index (κ2) is 5.81. The highest BCUT2D eigenvalue weighted by molar-refractivity contribution is 7.89. The van der Waals surface area contributed by atoms with E-state index in [0.29, 0.717) is 0 Å². The van der Waals surface area contributed by atoms with Crippen molar-refractivity contribution in [3.8, 4) is 0 Å². The van der Waals surface area contributed by atoms with Crippen LogP contribution in [0.15, 0.2) is 17.0 Å². The van der Waals surface area contributed by atoms with Crippen molar-refractivity contribution in [2.45, 2.75) is 49.6 Å². The average Bonchev–Trinajstić information content (AvgIpc) is 2.74. The van der Waals surface area contributed by atoms with E-state index < -0.39 is 22.2 Å². The normalized spacial score (nSPS) is 18.4. The topological polar surface area (TPSA) is 66.4 Å². The number of nitrogens with one attached hydrogen (secondary N) is 1.